The van der Waals surface area contributed by atoms with Gasteiger partial charge in [0.25, 0.3) is 5.69 Å². The number of pyridine rings is 1. The van der Waals surface area contributed by atoms with Gasteiger partial charge in [0.15, 0.2) is 0 Å². The summed E-state index contributed by atoms with van der Waals surface area (Å²) in [6.45, 7) is 0.447. The van der Waals surface area contributed by atoms with Crippen LogP contribution >= 0.6 is 22.9 Å². The third-order valence-electron chi connectivity index (χ3n) is 4.10. The first-order valence-corrected chi connectivity index (χ1v) is 11.4. The number of nitro groups is 1. The van der Waals surface area contributed by atoms with Crippen LogP contribution in [0.5, 0.6) is 0 Å². The molecule has 0 atom stereocenters. The van der Waals surface area contributed by atoms with Gasteiger partial charge >= 0.3 is 0 Å². The van der Waals surface area contributed by atoms with Crippen molar-refractivity contribution >= 4 is 44.2 Å². The van der Waals surface area contributed by atoms with Crippen molar-refractivity contribution in [2.45, 2.75) is 16.3 Å². The zero-order chi connectivity index (χ0) is 21.7. The first-order valence-electron chi connectivity index (χ1n) is 8.61. The number of hydrogen-bond donors (Lipinski definition) is 2. The Bertz CT molecular complexity index is 1180. The molecular formula is C19H17ClN4O4S2. The molecule has 0 aliphatic rings. The van der Waals surface area contributed by atoms with Crippen LogP contribution in [-0.4, -0.2) is 25.4 Å². The fourth-order valence-electron chi connectivity index (χ4n) is 2.67. The largest absolute Gasteiger partial charge is 0.392 e. The predicted molar refractivity (Wildman–Crippen MR) is 116 cm³/mol. The lowest BCUT2D eigenvalue weighted by atomic mass is 10.2. The van der Waals surface area contributed by atoms with Crippen molar-refractivity contribution in [3.63, 3.8) is 0 Å². The molecule has 0 amide bonds. The van der Waals surface area contributed by atoms with Crippen molar-refractivity contribution in [3.8, 4) is 0 Å². The number of halogens is 1. The van der Waals surface area contributed by atoms with Crippen LogP contribution in [0.2, 0.25) is 5.02 Å². The van der Waals surface area contributed by atoms with Gasteiger partial charge in [-0.15, -0.1) is 11.3 Å². The molecule has 3 aromatic rings. The Hall–Kier alpha value is -2.95. The van der Waals surface area contributed by atoms with E-state index in [9.17, 15) is 18.5 Å². The van der Waals surface area contributed by atoms with Crippen LogP contribution in [-0.2, 0) is 16.4 Å². The lowest BCUT2D eigenvalue weighted by molar-refractivity contribution is -0.384. The number of nitro benzene ring substituents is 1. The topological polar surface area (TPSA) is 114 Å². The van der Waals surface area contributed by atoms with Crippen molar-refractivity contribution in [1.82, 2.24) is 15.6 Å². The van der Waals surface area contributed by atoms with E-state index in [0.717, 1.165) is 17.7 Å². The molecule has 0 saturated heterocycles. The molecule has 8 nitrogen and oxygen atoms in total. The molecule has 0 aliphatic carbocycles. The molecule has 0 bridgehead atoms. The highest BCUT2D eigenvalue weighted by Gasteiger charge is 2.28. The van der Waals surface area contributed by atoms with Crippen LogP contribution in [0.1, 0.15) is 10.4 Å². The maximum absolute atomic E-state index is 13.3. The summed E-state index contributed by atoms with van der Waals surface area (Å²) in [4.78, 5) is 14.6. The van der Waals surface area contributed by atoms with E-state index in [1.807, 2.05) is 12.1 Å². The van der Waals surface area contributed by atoms with Crippen LogP contribution in [0.15, 0.2) is 70.2 Å². The van der Waals surface area contributed by atoms with E-state index in [1.165, 1.54) is 23.5 Å². The Kier molecular flexibility index (Phi) is 6.70. The summed E-state index contributed by atoms with van der Waals surface area (Å²) >= 11 is 7.45. The molecule has 0 saturated carbocycles. The minimum atomic E-state index is -4.01. The number of thiophene rings is 1. The number of benzene rings is 1. The highest BCUT2D eigenvalue weighted by molar-refractivity contribution is 7.91. The quantitative estimate of drug-likeness (QED) is 0.384. The third-order valence-corrected chi connectivity index (χ3v) is 7.63. The monoisotopic (exact) mass is 464 g/mol. The van der Waals surface area contributed by atoms with Crippen molar-refractivity contribution in [1.29, 1.82) is 0 Å². The zero-order valence-electron chi connectivity index (χ0n) is 15.7. The second kappa shape index (κ2) is 9.24. The van der Waals surface area contributed by atoms with Gasteiger partial charge in [-0.1, -0.05) is 11.6 Å². The van der Waals surface area contributed by atoms with Crippen molar-refractivity contribution in [2.75, 3.05) is 7.05 Å². The Balaban J connectivity index is 1.99. The highest BCUT2D eigenvalue weighted by Crippen LogP contribution is 2.38. The van der Waals surface area contributed by atoms with Crippen LogP contribution in [0.4, 0.5) is 5.69 Å². The summed E-state index contributed by atoms with van der Waals surface area (Å²) in [6.07, 6.45) is 4.99. The summed E-state index contributed by atoms with van der Waals surface area (Å²) in [6, 6.07) is 8.41. The maximum Gasteiger partial charge on any atom is 0.269 e. The van der Waals surface area contributed by atoms with Gasteiger partial charge in [0.2, 0.25) is 9.84 Å². The Morgan fingerprint density at radius 1 is 1.23 bits per heavy atom. The fraction of sp³-hybridized carbons (Fsp3) is 0.105. The molecule has 0 spiro atoms. The highest BCUT2D eigenvalue weighted by atomic mass is 35.5. The second-order valence-corrected chi connectivity index (χ2v) is 9.23. The average molecular weight is 465 g/mol. The van der Waals surface area contributed by atoms with Crippen LogP contribution < -0.4 is 10.6 Å². The number of sulfone groups is 1. The minimum Gasteiger partial charge on any atom is -0.392 e. The molecule has 0 fully saturated rings. The van der Waals surface area contributed by atoms with Crippen molar-refractivity contribution in [2.24, 2.45) is 0 Å². The van der Waals surface area contributed by atoms with Gasteiger partial charge in [-0.2, -0.15) is 0 Å². The molecule has 1 aromatic carbocycles. The summed E-state index contributed by atoms with van der Waals surface area (Å²) in [5.74, 6) is 0. The van der Waals surface area contributed by atoms with E-state index >= 15 is 0 Å². The van der Waals surface area contributed by atoms with Crippen molar-refractivity contribution < 1.29 is 13.3 Å². The van der Waals surface area contributed by atoms with E-state index in [0.29, 0.717) is 17.1 Å². The first kappa shape index (κ1) is 21.8. The Morgan fingerprint density at radius 2 is 1.90 bits per heavy atom. The minimum absolute atomic E-state index is 0.0493. The van der Waals surface area contributed by atoms with E-state index in [-0.39, 0.29) is 20.5 Å². The van der Waals surface area contributed by atoms with Crippen LogP contribution in [0, 0.1) is 10.1 Å². The SMILES string of the molecule is CN/C=C(/NCc1ccncc1)c1scc(Cl)c1S(=O)(=O)c1ccc([N+](=O)[O-])cc1. The lowest BCUT2D eigenvalue weighted by Crippen LogP contribution is -2.16. The molecular weight excluding hydrogens is 448 g/mol. The summed E-state index contributed by atoms with van der Waals surface area (Å²) < 4.78 is 26.5. The van der Waals surface area contributed by atoms with Gasteiger partial charge in [0.05, 0.1) is 25.4 Å². The smallest absolute Gasteiger partial charge is 0.269 e. The number of non-ortho nitro benzene ring substituents is 1. The molecule has 2 aromatic heterocycles. The molecule has 11 heteroatoms. The van der Waals surface area contributed by atoms with Crippen LogP contribution in [0.25, 0.3) is 5.70 Å². The van der Waals surface area contributed by atoms with Gasteiger partial charge in [-0.25, -0.2) is 8.42 Å². The predicted octanol–water partition coefficient (Wildman–Crippen LogP) is 3.85. The third kappa shape index (κ3) is 4.61. The zero-order valence-corrected chi connectivity index (χ0v) is 18.1. The van der Waals surface area contributed by atoms with Crippen molar-refractivity contribution in [3.05, 3.63) is 85.9 Å². The maximum atomic E-state index is 13.3. The molecule has 156 valence electrons. The second-order valence-electron chi connectivity index (χ2n) is 6.05. The lowest BCUT2D eigenvalue weighted by Gasteiger charge is -2.13. The van der Waals surface area contributed by atoms with Gasteiger partial charge in [-0.05, 0) is 29.8 Å². The Labute approximate surface area is 182 Å². The standard InChI is InChI=1S/C19H17ClN4O4S2/c1-21-11-17(23-10-13-6-8-22-9-7-13)18-19(16(20)12-29-18)30(27,28)15-4-2-14(3-5-15)24(25)26/h2-9,11-12,21,23H,10H2,1H3/b17-11+. The van der Waals surface area contributed by atoms with E-state index < -0.39 is 14.8 Å². The number of rotatable bonds is 8. The molecule has 30 heavy (non-hydrogen) atoms. The van der Waals surface area contributed by atoms with Gasteiger partial charge in [-0.3, -0.25) is 15.1 Å². The Morgan fingerprint density at radius 3 is 2.50 bits per heavy atom. The first-order chi connectivity index (χ1) is 14.3. The number of hydrogen-bond acceptors (Lipinski definition) is 8. The summed E-state index contributed by atoms with van der Waals surface area (Å²) in [5.41, 5.74) is 1.32. The van der Waals surface area contributed by atoms with Gasteiger partial charge in [0.1, 0.15) is 4.90 Å². The van der Waals surface area contributed by atoms with E-state index in [2.05, 4.69) is 15.6 Å². The molecule has 3 rings (SSSR count). The average Bonchev–Trinajstić information content (AvgIpc) is 3.14. The van der Waals surface area contributed by atoms with E-state index in [4.69, 9.17) is 11.6 Å². The molecule has 2 N–H and O–H groups in total. The number of aromatic nitrogens is 1. The molecule has 2 heterocycles. The van der Waals surface area contributed by atoms with E-state index in [1.54, 1.807) is 31.0 Å². The number of nitrogens with zero attached hydrogens (tertiary/aromatic N) is 2. The normalized spacial score (nSPS) is 11.9. The van der Waals surface area contributed by atoms with Gasteiger partial charge in [0, 0.05) is 49.7 Å². The molecule has 0 radical (unpaired) electrons. The summed E-state index contributed by atoms with van der Waals surface area (Å²) in [5, 5.41) is 18.6. The van der Waals surface area contributed by atoms with Crippen LogP contribution in [0.3, 0.4) is 0 Å². The fourth-order valence-corrected chi connectivity index (χ4v) is 6.02. The molecule has 0 unspecified atom stereocenters. The number of nitrogens with one attached hydrogen (secondary N) is 2. The van der Waals surface area contributed by atoms with Gasteiger partial charge < -0.3 is 10.6 Å². The summed E-state index contributed by atoms with van der Waals surface area (Å²) in [7, 11) is -2.31. The molecule has 0 aliphatic heterocycles.